The Morgan fingerprint density at radius 2 is 0.792 bits per heavy atom. The van der Waals surface area contributed by atoms with E-state index in [1.165, 1.54) is 116 Å². The van der Waals surface area contributed by atoms with Gasteiger partial charge in [-0.2, -0.15) is 0 Å². The lowest BCUT2D eigenvalue weighted by Crippen LogP contribution is -2.60. The van der Waals surface area contributed by atoms with E-state index in [0.29, 0.717) is 12.8 Å². The summed E-state index contributed by atoms with van der Waals surface area (Å²) in [4.78, 5) is 50.9. The fourth-order valence-corrected chi connectivity index (χ4v) is 9.28. The third-order valence-corrected chi connectivity index (χ3v) is 12.4. The number of carboxylic acids is 2. The van der Waals surface area contributed by atoms with Crippen LogP contribution in [0.15, 0.2) is 0 Å². The van der Waals surface area contributed by atoms with E-state index in [2.05, 4.69) is 13.8 Å². The molecule has 0 fully saturated rings. The summed E-state index contributed by atoms with van der Waals surface area (Å²) in [5.74, 6) is -3.63. The van der Waals surface area contributed by atoms with Gasteiger partial charge in [0.2, 0.25) is 0 Å². The third-order valence-electron chi connectivity index (χ3n) is 9.30. The van der Waals surface area contributed by atoms with Gasteiger partial charge in [0.1, 0.15) is 12.1 Å². The van der Waals surface area contributed by atoms with Gasteiger partial charge in [-0.05, 0) is 12.8 Å². The van der Waals surface area contributed by atoms with Crippen LogP contribution in [0.3, 0.4) is 0 Å². The molecule has 0 bridgehead atoms. The number of Topliss-reactive ketones (excluding diaryl/α,β-unsaturated/α-hetero) is 2. The maximum Gasteiger partial charge on any atom is 0.322 e. The Morgan fingerprint density at radius 1 is 0.500 bits per heavy atom. The molecule has 0 aromatic carbocycles. The number of carboxylic acid groups (broad SMARTS) is 2. The van der Waals surface area contributed by atoms with E-state index in [4.69, 9.17) is 11.5 Å². The first-order valence-electron chi connectivity index (χ1n) is 19.5. The zero-order chi connectivity index (χ0) is 35.9. The Morgan fingerprint density at radius 3 is 1.06 bits per heavy atom. The van der Waals surface area contributed by atoms with Crippen LogP contribution < -0.4 is 11.5 Å². The molecule has 0 radical (unpaired) electrons. The number of aliphatic carboxylic acids is 2. The number of carbonyl (C=O) groups excluding carboxylic acids is 2. The maximum absolute atomic E-state index is 13.8. The highest BCUT2D eigenvalue weighted by molar-refractivity contribution is 8.77. The first-order valence-corrected chi connectivity index (χ1v) is 21.8. The minimum Gasteiger partial charge on any atom is -0.480 e. The van der Waals surface area contributed by atoms with E-state index < -0.39 is 40.3 Å². The van der Waals surface area contributed by atoms with Gasteiger partial charge in [-0.15, -0.1) is 0 Å². The Labute approximate surface area is 301 Å². The average molecular weight is 717 g/mol. The zero-order valence-electron chi connectivity index (χ0n) is 30.7. The van der Waals surface area contributed by atoms with Crippen LogP contribution in [-0.4, -0.2) is 56.3 Å². The molecule has 0 rings (SSSR count). The number of carbonyl (C=O) groups is 4. The molecule has 0 spiro atoms. The van der Waals surface area contributed by atoms with E-state index in [-0.39, 0.29) is 18.6 Å². The van der Waals surface area contributed by atoms with Gasteiger partial charge >= 0.3 is 11.9 Å². The second-order valence-electron chi connectivity index (χ2n) is 13.7. The summed E-state index contributed by atoms with van der Waals surface area (Å²) in [6.07, 6.45) is 30.2. The van der Waals surface area contributed by atoms with Gasteiger partial charge < -0.3 is 21.7 Å². The predicted molar refractivity (Wildman–Crippen MR) is 205 cm³/mol. The van der Waals surface area contributed by atoms with Crippen molar-refractivity contribution in [1.29, 1.82) is 0 Å². The lowest BCUT2D eigenvalue weighted by atomic mass is 9.85. The van der Waals surface area contributed by atoms with E-state index in [1.54, 1.807) is 0 Å². The first kappa shape index (κ1) is 46.9. The number of ketones is 2. The largest absolute Gasteiger partial charge is 0.480 e. The number of hydrogen-bond donors (Lipinski definition) is 4. The van der Waals surface area contributed by atoms with Crippen molar-refractivity contribution < 1.29 is 29.4 Å². The summed E-state index contributed by atoms with van der Waals surface area (Å²) in [5.41, 5.74) is 11.8. The van der Waals surface area contributed by atoms with Crippen molar-refractivity contribution in [3.05, 3.63) is 0 Å². The fraction of sp³-hybridized carbons (Fsp3) is 0.895. The normalized spacial score (nSPS) is 13.0. The monoisotopic (exact) mass is 716 g/mol. The molecular weight excluding hydrogens is 645 g/mol. The van der Waals surface area contributed by atoms with Crippen LogP contribution >= 0.6 is 21.6 Å². The molecule has 48 heavy (non-hydrogen) atoms. The molecule has 0 aromatic rings. The molecule has 282 valence electrons. The molecule has 0 heterocycles. The maximum atomic E-state index is 13.8. The molecular formula is C38H72N2O6S2. The van der Waals surface area contributed by atoms with E-state index in [9.17, 15) is 29.4 Å². The zero-order valence-corrected chi connectivity index (χ0v) is 32.3. The second-order valence-corrected chi connectivity index (χ2v) is 16.3. The van der Waals surface area contributed by atoms with Crippen LogP contribution in [0.5, 0.6) is 0 Å². The van der Waals surface area contributed by atoms with Crippen LogP contribution in [0.1, 0.15) is 194 Å². The predicted octanol–water partition coefficient (Wildman–Crippen LogP) is 10.0. The molecule has 0 aliphatic heterocycles. The van der Waals surface area contributed by atoms with Crippen molar-refractivity contribution in [3.63, 3.8) is 0 Å². The van der Waals surface area contributed by atoms with Crippen LogP contribution in [-0.2, 0) is 19.2 Å². The molecule has 0 saturated heterocycles. The highest BCUT2D eigenvalue weighted by atomic mass is 33.1. The number of hydrogen-bond acceptors (Lipinski definition) is 8. The van der Waals surface area contributed by atoms with Crippen LogP contribution in [0, 0.1) is 0 Å². The van der Waals surface area contributed by atoms with Crippen molar-refractivity contribution in [2.45, 2.75) is 210 Å². The minimum absolute atomic E-state index is 0.0711. The lowest BCUT2D eigenvalue weighted by molar-refractivity contribution is -0.144. The molecule has 0 unspecified atom stereocenters. The third kappa shape index (κ3) is 22.6. The van der Waals surface area contributed by atoms with Gasteiger partial charge in [0, 0.05) is 18.6 Å². The summed E-state index contributed by atoms with van der Waals surface area (Å²) in [5, 5.41) is 19.1. The Kier molecular flexibility index (Phi) is 31.1. The summed E-state index contributed by atoms with van der Waals surface area (Å²) in [7, 11) is 1.76. The average Bonchev–Trinajstić information content (AvgIpc) is 3.06. The van der Waals surface area contributed by atoms with Crippen LogP contribution in [0.2, 0.25) is 0 Å². The fourth-order valence-electron chi connectivity index (χ4n) is 6.07. The smallest absolute Gasteiger partial charge is 0.322 e. The minimum atomic E-state index is -1.97. The molecule has 0 saturated carbocycles. The topological polar surface area (TPSA) is 161 Å². The SMILES string of the molecule is CCCCCCCCCCCCCCCC(=O)C(SSC[C@H](N)C(=O)O)(C(=O)CCCCCCCCCCCCCCC)[C@H](N)C(=O)O. The molecule has 0 aliphatic rings. The van der Waals surface area contributed by atoms with Gasteiger partial charge in [0.25, 0.3) is 0 Å². The van der Waals surface area contributed by atoms with Gasteiger partial charge in [0.15, 0.2) is 16.3 Å². The first-order chi connectivity index (χ1) is 23.1. The summed E-state index contributed by atoms with van der Waals surface area (Å²) < 4.78 is -1.97. The van der Waals surface area contributed by atoms with Crippen molar-refractivity contribution in [2.24, 2.45) is 11.5 Å². The molecule has 2 atom stereocenters. The van der Waals surface area contributed by atoms with Crippen molar-refractivity contribution in [2.75, 3.05) is 5.75 Å². The van der Waals surface area contributed by atoms with Crippen molar-refractivity contribution >= 4 is 45.1 Å². The van der Waals surface area contributed by atoms with Crippen LogP contribution in [0.25, 0.3) is 0 Å². The van der Waals surface area contributed by atoms with Gasteiger partial charge in [-0.1, -0.05) is 190 Å². The highest BCUT2D eigenvalue weighted by Gasteiger charge is 2.53. The Balaban J connectivity index is 4.89. The lowest BCUT2D eigenvalue weighted by Gasteiger charge is -2.33. The standard InChI is InChI=1S/C38H72N2O6S2/c1-3-5-7-9-11-13-15-17-19-21-23-25-27-29-33(41)38(35(40)37(45)46,48-47-31-32(39)36(43)44)34(42)30-28-26-24-22-20-18-16-14-12-10-8-6-4-2/h32,35H,3-31,39-40H2,1-2H3,(H,43,44)(H,45,46)/t32-,35+/m0/s1. The number of rotatable bonds is 37. The van der Waals surface area contributed by atoms with Crippen LogP contribution in [0.4, 0.5) is 0 Å². The van der Waals surface area contributed by atoms with E-state index in [1.807, 2.05) is 0 Å². The van der Waals surface area contributed by atoms with Crippen molar-refractivity contribution in [1.82, 2.24) is 0 Å². The van der Waals surface area contributed by atoms with Crippen molar-refractivity contribution in [3.8, 4) is 0 Å². The molecule has 0 amide bonds. The highest BCUT2D eigenvalue weighted by Crippen LogP contribution is 2.42. The summed E-state index contributed by atoms with van der Waals surface area (Å²) >= 11 is 0. The van der Waals surface area contributed by atoms with E-state index >= 15 is 0 Å². The quantitative estimate of drug-likeness (QED) is 0.0277. The molecule has 0 aliphatic carbocycles. The Hall–Kier alpha value is -1.10. The van der Waals surface area contributed by atoms with Gasteiger partial charge in [0.05, 0.1) is 0 Å². The van der Waals surface area contributed by atoms with E-state index in [0.717, 1.165) is 60.1 Å². The molecule has 8 nitrogen and oxygen atoms in total. The van der Waals surface area contributed by atoms with Gasteiger partial charge in [-0.25, -0.2) is 0 Å². The summed E-state index contributed by atoms with van der Waals surface area (Å²) in [6, 6.07) is -2.92. The number of unbranched alkanes of at least 4 members (excludes halogenated alkanes) is 24. The molecule has 0 aromatic heterocycles. The number of nitrogens with two attached hydrogens (primary N) is 2. The molecule has 10 heteroatoms. The second kappa shape index (κ2) is 31.9. The summed E-state index contributed by atoms with van der Waals surface area (Å²) in [6.45, 7) is 4.47. The molecule has 6 N–H and O–H groups in total. The van der Waals surface area contributed by atoms with Gasteiger partial charge in [-0.3, -0.25) is 19.2 Å². The Bertz CT molecular complexity index is 802.